The summed E-state index contributed by atoms with van der Waals surface area (Å²) in [5, 5.41) is 5.79. The lowest BCUT2D eigenvalue weighted by atomic mass is 9.98. The molecule has 9 aromatic carbocycles. The van der Waals surface area contributed by atoms with Gasteiger partial charge in [-0.25, -0.2) is 19.9 Å². The van der Waals surface area contributed by atoms with E-state index >= 15 is 0 Å². The highest BCUT2D eigenvalue weighted by Crippen LogP contribution is 2.40. The van der Waals surface area contributed by atoms with Gasteiger partial charge in [-0.1, -0.05) is 188 Å². The molecule has 5 nitrogen and oxygen atoms in total. The van der Waals surface area contributed by atoms with E-state index < -0.39 is 0 Å². The molecule has 294 valence electrons. The fourth-order valence-corrected chi connectivity index (χ4v) is 8.92. The normalized spacial score (nSPS) is 11.5. The Bertz CT molecular complexity index is 3620. The van der Waals surface area contributed by atoms with Crippen LogP contribution in [0.2, 0.25) is 0 Å². The Hall–Kier alpha value is -8.54. The molecule has 0 unspecified atom stereocenters. The number of hydrogen-bond donors (Lipinski definition) is 0. The minimum atomic E-state index is 0.626. The van der Waals surface area contributed by atoms with Crippen molar-refractivity contribution in [1.82, 2.24) is 24.5 Å². The van der Waals surface area contributed by atoms with Crippen LogP contribution >= 0.6 is 0 Å². The van der Waals surface area contributed by atoms with Gasteiger partial charge in [-0.2, -0.15) is 0 Å². The van der Waals surface area contributed by atoms with Crippen molar-refractivity contribution in [2.24, 2.45) is 0 Å². The van der Waals surface area contributed by atoms with E-state index in [4.69, 9.17) is 19.9 Å². The average Bonchev–Trinajstić information content (AvgIpc) is 3.69. The van der Waals surface area contributed by atoms with Crippen molar-refractivity contribution in [3.05, 3.63) is 224 Å². The van der Waals surface area contributed by atoms with Crippen LogP contribution in [0.3, 0.4) is 0 Å². The molecule has 0 aliphatic rings. The lowest BCUT2D eigenvalue weighted by Crippen LogP contribution is -2.00. The van der Waals surface area contributed by atoms with E-state index in [-0.39, 0.29) is 0 Å². The van der Waals surface area contributed by atoms with Crippen molar-refractivity contribution in [2.75, 3.05) is 0 Å². The SMILES string of the molecule is c1ccc(-c2ccc(-c3nc(-c4ccccc4)nc(-c4ccc(-c5ccc6c(c5)c5cc7nc(-c8ccccc8)c8ccccc8c7cc5n6-c5ccccc5)cc4)n3)cc2)cc1. The molecular formula is C58H37N5. The van der Waals surface area contributed by atoms with Gasteiger partial charge in [0.25, 0.3) is 0 Å². The Balaban J connectivity index is 0.974. The first kappa shape index (κ1) is 36.3. The van der Waals surface area contributed by atoms with Gasteiger partial charge in [0.05, 0.1) is 22.2 Å². The van der Waals surface area contributed by atoms with Gasteiger partial charge in [0.2, 0.25) is 0 Å². The van der Waals surface area contributed by atoms with Crippen LogP contribution < -0.4 is 0 Å². The molecule has 12 aromatic rings. The molecule has 0 N–H and O–H groups in total. The highest BCUT2D eigenvalue weighted by Gasteiger charge is 2.18. The Morgan fingerprint density at radius 3 is 1.29 bits per heavy atom. The van der Waals surface area contributed by atoms with Crippen LogP contribution in [-0.2, 0) is 0 Å². The van der Waals surface area contributed by atoms with Gasteiger partial charge >= 0.3 is 0 Å². The third kappa shape index (κ3) is 6.51. The Kier molecular flexibility index (Phi) is 8.75. The topological polar surface area (TPSA) is 56.5 Å². The molecule has 5 heteroatoms. The summed E-state index contributed by atoms with van der Waals surface area (Å²) in [5.74, 6) is 1.90. The van der Waals surface area contributed by atoms with E-state index in [1.807, 2.05) is 36.4 Å². The minimum Gasteiger partial charge on any atom is -0.309 e. The molecule has 3 heterocycles. The lowest BCUT2D eigenvalue weighted by molar-refractivity contribution is 1.07. The first-order valence-electron chi connectivity index (χ1n) is 21.2. The Labute approximate surface area is 364 Å². The van der Waals surface area contributed by atoms with Crippen molar-refractivity contribution < 1.29 is 0 Å². The maximum absolute atomic E-state index is 5.37. The van der Waals surface area contributed by atoms with Crippen LogP contribution in [-0.4, -0.2) is 24.5 Å². The zero-order valence-electron chi connectivity index (χ0n) is 34.1. The molecule has 0 amide bonds. The molecule has 0 spiro atoms. The summed E-state index contributed by atoms with van der Waals surface area (Å²) in [4.78, 5) is 20.4. The summed E-state index contributed by atoms with van der Waals surface area (Å²) in [5.41, 5.74) is 13.8. The number of aromatic nitrogens is 5. The molecule has 0 atom stereocenters. The second kappa shape index (κ2) is 15.2. The Morgan fingerprint density at radius 1 is 0.254 bits per heavy atom. The number of fused-ring (bicyclic) bond motifs is 6. The van der Waals surface area contributed by atoms with Gasteiger partial charge in [-0.3, -0.25) is 0 Å². The summed E-state index contributed by atoms with van der Waals surface area (Å²) < 4.78 is 2.38. The molecule has 3 aromatic heterocycles. The van der Waals surface area contributed by atoms with Gasteiger partial charge in [-0.15, -0.1) is 0 Å². The maximum Gasteiger partial charge on any atom is 0.164 e. The highest BCUT2D eigenvalue weighted by atomic mass is 15.0. The van der Waals surface area contributed by atoms with E-state index in [1.165, 1.54) is 16.3 Å². The van der Waals surface area contributed by atoms with Gasteiger partial charge in [-0.05, 0) is 64.0 Å². The quantitative estimate of drug-likeness (QED) is 0.151. The van der Waals surface area contributed by atoms with E-state index in [2.05, 4.69) is 193 Å². The van der Waals surface area contributed by atoms with Crippen molar-refractivity contribution in [3.8, 4) is 73.4 Å². The van der Waals surface area contributed by atoms with Crippen LogP contribution in [0, 0.1) is 0 Å². The monoisotopic (exact) mass is 803 g/mol. The zero-order valence-corrected chi connectivity index (χ0v) is 34.1. The van der Waals surface area contributed by atoms with E-state index in [0.29, 0.717) is 17.5 Å². The third-order valence-electron chi connectivity index (χ3n) is 12.0. The number of hydrogen-bond acceptors (Lipinski definition) is 4. The molecule has 0 radical (unpaired) electrons. The van der Waals surface area contributed by atoms with Crippen LogP contribution in [0.25, 0.3) is 117 Å². The fourth-order valence-electron chi connectivity index (χ4n) is 8.92. The Morgan fingerprint density at radius 2 is 0.683 bits per heavy atom. The van der Waals surface area contributed by atoms with Gasteiger partial charge in [0.1, 0.15) is 0 Å². The fraction of sp³-hybridized carbons (Fsp3) is 0. The number of rotatable bonds is 7. The molecule has 0 aliphatic carbocycles. The number of benzene rings is 9. The van der Waals surface area contributed by atoms with Crippen LogP contribution in [0.4, 0.5) is 0 Å². The largest absolute Gasteiger partial charge is 0.309 e. The third-order valence-corrected chi connectivity index (χ3v) is 12.0. The first-order valence-corrected chi connectivity index (χ1v) is 21.2. The molecule has 12 rings (SSSR count). The van der Waals surface area contributed by atoms with Gasteiger partial charge in [0, 0.05) is 49.5 Å². The second-order valence-electron chi connectivity index (χ2n) is 15.9. The van der Waals surface area contributed by atoms with Crippen LogP contribution in [0.1, 0.15) is 0 Å². The smallest absolute Gasteiger partial charge is 0.164 e. The number of para-hydroxylation sites is 1. The highest BCUT2D eigenvalue weighted by molar-refractivity contribution is 6.19. The number of nitrogens with zero attached hydrogens (tertiary/aromatic N) is 5. The first-order chi connectivity index (χ1) is 31.2. The van der Waals surface area contributed by atoms with Gasteiger partial charge < -0.3 is 4.57 Å². The predicted molar refractivity (Wildman–Crippen MR) is 260 cm³/mol. The van der Waals surface area contributed by atoms with Crippen molar-refractivity contribution in [2.45, 2.75) is 0 Å². The average molecular weight is 804 g/mol. The maximum atomic E-state index is 5.37. The predicted octanol–water partition coefficient (Wildman–Crippen LogP) is 14.7. The molecule has 63 heavy (non-hydrogen) atoms. The second-order valence-corrected chi connectivity index (χ2v) is 15.9. The van der Waals surface area contributed by atoms with Crippen molar-refractivity contribution in [3.63, 3.8) is 0 Å². The van der Waals surface area contributed by atoms with Gasteiger partial charge in [0.15, 0.2) is 17.5 Å². The summed E-state index contributed by atoms with van der Waals surface area (Å²) >= 11 is 0. The zero-order chi connectivity index (χ0) is 41.7. The molecule has 0 aliphatic heterocycles. The molecule has 0 saturated carbocycles. The molecule has 0 bridgehead atoms. The molecule has 0 fully saturated rings. The lowest BCUT2D eigenvalue weighted by Gasteiger charge is -2.12. The van der Waals surface area contributed by atoms with Crippen molar-refractivity contribution >= 4 is 43.5 Å². The summed E-state index contributed by atoms with van der Waals surface area (Å²) in [7, 11) is 0. The van der Waals surface area contributed by atoms with Crippen LogP contribution in [0.15, 0.2) is 224 Å². The summed E-state index contributed by atoms with van der Waals surface area (Å²) in [6.07, 6.45) is 0. The summed E-state index contributed by atoms with van der Waals surface area (Å²) in [6, 6.07) is 78.7. The summed E-state index contributed by atoms with van der Waals surface area (Å²) in [6.45, 7) is 0. The van der Waals surface area contributed by atoms with E-state index in [0.717, 1.165) is 83.0 Å². The standard InChI is InChI=1S/C58H37N5/c1-5-15-38(16-6-1)39-25-29-43(30-26-39)57-60-56(42-19-9-3-10-20-42)61-58(62-57)44-31-27-40(28-32-44)45-33-34-53-50(35-45)51-36-52-49(37-54(51)63(53)46-21-11-4-12-22-46)47-23-13-14-24-48(47)55(59-52)41-17-7-2-8-18-41/h1-37H. The number of pyridine rings is 1. The molecular weight excluding hydrogens is 767 g/mol. The van der Waals surface area contributed by atoms with E-state index in [9.17, 15) is 0 Å². The van der Waals surface area contributed by atoms with Crippen molar-refractivity contribution in [1.29, 1.82) is 0 Å². The minimum absolute atomic E-state index is 0.626. The molecule has 0 saturated heterocycles. The van der Waals surface area contributed by atoms with E-state index in [1.54, 1.807) is 0 Å². The van der Waals surface area contributed by atoms with Crippen LogP contribution in [0.5, 0.6) is 0 Å².